The zero-order chi connectivity index (χ0) is 13.7. The molecule has 1 N–H and O–H groups in total. The maximum Gasteiger partial charge on any atom is 0.256 e. The Morgan fingerprint density at radius 3 is 2.56 bits per heavy atom. The predicted molar refractivity (Wildman–Crippen MR) is 75.1 cm³/mol. The summed E-state index contributed by atoms with van der Waals surface area (Å²) in [5.41, 5.74) is 1.54. The Hall–Kier alpha value is -1.25. The molecule has 102 valence electrons. The number of aromatic hydroxyl groups is 1. The first-order chi connectivity index (χ1) is 8.51. The van der Waals surface area contributed by atoms with E-state index < -0.39 is 0 Å². The minimum Gasteiger partial charge on any atom is -0.494 e. The molecule has 0 saturated heterocycles. The van der Waals surface area contributed by atoms with E-state index in [9.17, 15) is 9.90 Å². The molecule has 1 aromatic heterocycles. The third-order valence-corrected chi connectivity index (χ3v) is 3.76. The van der Waals surface area contributed by atoms with Crippen molar-refractivity contribution in [1.82, 2.24) is 4.57 Å². The normalized spacial score (nSPS) is 12.7. The van der Waals surface area contributed by atoms with Crippen molar-refractivity contribution >= 4 is 0 Å². The van der Waals surface area contributed by atoms with Crippen molar-refractivity contribution in [2.45, 2.75) is 59.9 Å². The quantitative estimate of drug-likeness (QED) is 0.842. The molecule has 1 rings (SSSR count). The number of rotatable bonds is 6. The molecule has 1 unspecified atom stereocenters. The Bertz CT molecular complexity index is 449. The van der Waals surface area contributed by atoms with Crippen LogP contribution < -0.4 is 5.56 Å². The van der Waals surface area contributed by atoms with E-state index in [2.05, 4.69) is 13.8 Å². The van der Waals surface area contributed by atoms with Crippen LogP contribution >= 0.6 is 0 Å². The number of hydrogen-bond acceptors (Lipinski definition) is 2. The van der Waals surface area contributed by atoms with Crippen molar-refractivity contribution in [2.75, 3.05) is 0 Å². The van der Waals surface area contributed by atoms with Gasteiger partial charge in [-0.3, -0.25) is 9.36 Å². The SMILES string of the molecule is CCCCC(CC)Cn1c(O)cc(C)c(C)c1=O. The minimum absolute atomic E-state index is 0.0533. The number of nitrogens with zero attached hydrogens (tertiary/aromatic N) is 1. The van der Waals surface area contributed by atoms with Gasteiger partial charge < -0.3 is 5.11 Å². The zero-order valence-corrected chi connectivity index (χ0v) is 12.0. The molecule has 0 bridgehead atoms. The van der Waals surface area contributed by atoms with E-state index in [-0.39, 0.29) is 11.4 Å². The van der Waals surface area contributed by atoms with Crippen LogP contribution in [0.15, 0.2) is 10.9 Å². The third kappa shape index (κ3) is 3.37. The molecule has 1 heterocycles. The molecular formula is C15H25NO2. The monoisotopic (exact) mass is 251 g/mol. The number of aromatic nitrogens is 1. The number of unbranched alkanes of at least 4 members (excludes halogenated alkanes) is 1. The van der Waals surface area contributed by atoms with Crippen molar-refractivity contribution < 1.29 is 5.11 Å². The highest BCUT2D eigenvalue weighted by molar-refractivity contribution is 5.27. The molecule has 0 amide bonds. The fourth-order valence-electron chi connectivity index (χ4n) is 2.21. The van der Waals surface area contributed by atoms with E-state index in [4.69, 9.17) is 0 Å². The lowest BCUT2D eigenvalue weighted by molar-refractivity contribution is 0.339. The minimum atomic E-state index is -0.0533. The van der Waals surface area contributed by atoms with Gasteiger partial charge in [0.05, 0.1) is 0 Å². The lowest BCUT2D eigenvalue weighted by Gasteiger charge is -2.18. The van der Waals surface area contributed by atoms with Crippen LogP contribution in [0.2, 0.25) is 0 Å². The third-order valence-electron chi connectivity index (χ3n) is 3.76. The molecule has 0 saturated carbocycles. The van der Waals surface area contributed by atoms with Crippen LogP contribution in [-0.2, 0) is 6.54 Å². The van der Waals surface area contributed by atoms with Crippen LogP contribution in [0.4, 0.5) is 0 Å². The van der Waals surface area contributed by atoms with E-state index in [1.54, 1.807) is 6.07 Å². The van der Waals surface area contributed by atoms with Gasteiger partial charge in [0.25, 0.3) is 5.56 Å². The molecule has 0 radical (unpaired) electrons. The molecule has 0 aromatic carbocycles. The van der Waals surface area contributed by atoms with Gasteiger partial charge in [-0.15, -0.1) is 0 Å². The van der Waals surface area contributed by atoms with Gasteiger partial charge in [0.2, 0.25) is 0 Å². The van der Waals surface area contributed by atoms with Gasteiger partial charge in [-0.05, 0) is 31.7 Å². The lowest BCUT2D eigenvalue weighted by atomic mass is 9.99. The van der Waals surface area contributed by atoms with Gasteiger partial charge in [0.1, 0.15) is 0 Å². The Labute approximate surface area is 109 Å². The molecule has 0 aliphatic carbocycles. The van der Waals surface area contributed by atoms with Crippen molar-refractivity contribution in [3.8, 4) is 5.88 Å². The number of hydrogen-bond donors (Lipinski definition) is 1. The van der Waals surface area contributed by atoms with Crippen LogP contribution in [-0.4, -0.2) is 9.67 Å². The van der Waals surface area contributed by atoms with Gasteiger partial charge >= 0.3 is 0 Å². The van der Waals surface area contributed by atoms with Crippen molar-refractivity contribution in [3.05, 3.63) is 27.5 Å². The van der Waals surface area contributed by atoms with Gasteiger partial charge in [-0.25, -0.2) is 0 Å². The van der Waals surface area contributed by atoms with Gasteiger partial charge in [0, 0.05) is 18.2 Å². The summed E-state index contributed by atoms with van der Waals surface area (Å²) >= 11 is 0. The highest BCUT2D eigenvalue weighted by atomic mass is 16.3. The summed E-state index contributed by atoms with van der Waals surface area (Å²) in [4.78, 5) is 12.1. The summed E-state index contributed by atoms with van der Waals surface area (Å²) in [5.74, 6) is 0.564. The second-order valence-corrected chi connectivity index (χ2v) is 5.14. The van der Waals surface area contributed by atoms with Gasteiger partial charge in [-0.2, -0.15) is 0 Å². The molecule has 0 aliphatic rings. The van der Waals surface area contributed by atoms with Crippen molar-refractivity contribution in [1.29, 1.82) is 0 Å². The Morgan fingerprint density at radius 2 is 2.00 bits per heavy atom. The topological polar surface area (TPSA) is 42.2 Å². The summed E-state index contributed by atoms with van der Waals surface area (Å²) in [6.07, 6.45) is 4.51. The maximum absolute atomic E-state index is 12.1. The number of aryl methyl sites for hydroxylation is 1. The van der Waals surface area contributed by atoms with Crippen LogP contribution in [0, 0.1) is 19.8 Å². The molecule has 1 aromatic rings. The van der Waals surface area contributed by atoms with Crippen molar-refractivity contribution in [3.63, 3.8) is 0 Å². The molecule has 1 atom stereocenters. The van der Waals surface area contributed by atoms with Gasteiger partial charge in [-0.1, -0.05) is 33.1 Å². The molecule has 0 spiro atoms. The largest absolute Gasteiger partial charge is 0.494 e. The average molecular weight is 251 g/mol. The Balaban J connectivity index is 2.96. The van der Waals surface area contributed by atoms with Crippen LogP contribution in [0.5, 0.6) is 5.88 Å². The summed E-state index contributed by atoms with van der Waals surface area (Å²) in [7, 11) is 0. The van der Waals surface area contributed by atoms with E-state index in [0.29, 0.717) is 12.5 Å². The molecule has 3 heteroatoms. The van der Waals surface area contributed by atoms with Gasteiger partial charge in [0.15, 0.2) is 5.88 Å². The predicted octanol–water partition coefficient (Wildman–Crippen LogP) is 3.39. The fourth-order valence-corrected chi connectivity index (χ4v) is 2.21. The Morgan fingerprint density at radius 1 is 1.33 bits per heavy atom. The zero-order valence-electron chi connectivity index (χ0n) is 12.0. The summed E-state index contributed by atoms with van der Waals surface area (Å²) in [6, 6.07) is 1.68. The van der Waals surface area contributed by atoms with E-state index >= 15 is 0 Å². The summed E-state index contributed by atoms with van der Waals surface area (Å²) < 4.78 is 1.52. The standard InChI is InChI=1S/C15H25NO2/c1-5-7-8-13(6-2)10-16-14(17)9-11(3)12(4)15(16)18/h9,13,17H,5-8,10H2,1-4H3. The first-order valence-corrected chi connectivity index (χ1v) is 6.91. The number of pyridine rings is 1. The summed E-state index contributed by atoms with van der Waals surface area (Å²) in [5, 5.41) is 9.93. The summed E-state index contributed by atoms with van der Waals surface area (Å²) in [6.45, 7) is 8.62. The lowest BCUT2D eigenvalue weighted by Crippen LogP contribution is -2.26. The molecule has 0 aliphatic heterocycles. The maximum atomic E-state index is 12.1. The molecule has 3 nitrogen and oxygen atoms in total. The van der Waals surface area contributed by atoms with Crippen LogP contribution in [0.1, 0.15) is 50.7 Å². The van der Waals surface area contributed by atoms with Crippen LogP contribution in [0.3, 0.4) is 0 Å². The average Bonchev–Trinajstić information content (AvgIpc) is 2.35. The first kappa shape index (κ1) is 14.8. The van der Waals surface area contributed by atoms with Crippen LogP contribution in [0.25, 0.3) is 0 Å². The molecule has 18 heavy (non-hydrogen) atoms. The highest BCUT2D eigenvalue weighted by Gasteiger charge is 2.13. The van der Waals surface area contributed by atoms with E-state index in [1.165, 1.54) is 17.4 Å². The molecular weight excluding hydrogens is 226 g/mol. The first-order valence-electron chi connectivity index (χ1n) is 6.91. The fraction of sp³-hybridized carbons (Fsp3) is 0.667. The van der Waals surface area contributed by atoms with E-state index in [1.807, 2.05) is 13.8 Å². The Kier molecular flexibility index (Phi) is 5.45. The second kappa shape index (κ2) is 6.62. The smallest absolute Gasteiger partial charge is 0.256 e. The van der Waals surface area contributed by atoms with E-state index in [0.717, 1.165) is 24.0 Å². The highest BCUT2D eigenvalue weighted by Crippen LogP contribution is 2.18. The second-order valence-electron chi connectivity index (χ2n) is 5.14. The molecule has 0 fully saturated rings. The van der Waals surface area contributed by atoms with Crippen molar-refractivity contribution in [2.24, 2.45) is 5.92 Å².